The summed E-state index contributed by atoms with van der Waals surface area (Å²) in [7, 11) is 0. The highest BCUT2D eigenvalue weighted by Crippen LogP contribution is 2.28. The van der Waals surface area contributed by atoms with Gasteiger partial charge in [-0.1, -0.05) is 0 Å². The van der Waals surface area contributed by atoms with Crippen LogP contribution in [0, 0.1) is 10.1 Å². The van der Waals surface area contributed by atoms with Crippen LogP contribution in [0.3, 0.4) is 0 Å². The molecule has 1 aromatic rings. The minimum absolute atomic E-state index is 0.0405. The van der Waals surface area contributed by atoms with E-state index in [1.165, 1.54) is 19.1 Å². The Morgan fingerprint density at radius 2 is 2.38 bits per heavy atom. The van der Waals surface area contributed by atoms with E-state index in [0.29, 0.717) is 6.54 Å². The van der Waals surface area contributed by atoms with Crippen molar-refractivity contribution in [2.24, 2.45) is 0 Å². The van der Waals surface area contributed by atoms with Gasteiger partial charge in [-0.15, -0.1) is 0 Å². The Kier molecular flexibility index (Phi) is 2.57. The van der Waals surface area contributed by atoms with Crippen LogP contribution in [0.2, 0.25) is 0 Å². The molecular weight excluding hydrogens is 210 g/mol. The number of anilines is 1. The van der Waals surface area contributed by atoms with Crippen LogP contribution in [-0.2, 0) is 11.3 Å². The normalized spacial score (nSPS) is 13.7. The van der Waals surface area contributed by atoms with Gasteiger partial charge < -0.3 is 5.01 Å². The molecule has 16 heavy (non-hydrogen) atoms. The van der Waals surface area contributed by atoms with Gasteiger partial charge in [-0.25, -0.2) is 5.43 Å². The summed E-state index contributed by atoms with van der Waals surface area (Å²) in [5.41, 5.74) is 4.76. The number of carbonyl (C=O) groups is 1. The van der Waals surface area contributed by atoms with Crippen molar-refractivity contribution in [2.75, 3.05) is 11.6 Å². The van der Waals surface area contributed by atoms with Crippen LogP contribution in [0.4, 0.5) is 11.4 Å². The van der Waals surface area contributed by atoms with Crippen LogP contribution >= 0.6 is 0 Å². The van der Waals surface area contributed by atoms with Crippen molar-refractivity contribution in [3.8, 4) is 0 Å². The Hall–Kier alpha value is -1.95. The standard InChI is InChI=1S/C10H11N3O3/c1-7(14)6-12-10-3-2-9(13(15)16)4-8(10)5-11-12/h2-4,11H,5-6H2,1H3. The third-order valence-corrected chi connectivity index (χ3v) is 2.41. The maximum atomic E-state index is 11.0. The molecule has 1 heterocycles. The molecule has 0 amide bonds. The molecule has 6 heteroatoms. The number of hydrogen-bond acceptors (Lipinski definition) is 5. The van der Waals surface area contributed by atoms with Crippen LogP contribution in [0.15, 0.2) is 18.2 Å². The average molecular weight is 221 g/mol. The topological polar surface area (TPSA) is 75.5 Å². The molecule has 0 atom stereocenters. The summed E-state index contributed by atoms with van der Waals surface area (Å²) >= 11 is 0. The van der Waals surface area contributed by atoms with Gasteiger partial charge in [0.2, 0.25) is 0 Å². The number of Topliss-reactive ketones (excluding diaryl/α,β-unsaturated/α-hetero) is 1. The zero-order valence-corrected chi connectivity index (χ0v) is 8.77. The summed E-state index contributed by atoms with van der Waals surface area (Å²) in [6.45, 7) is 2.29. The highest BCUT2D eigenvalue weighted by atomic mass is 16.6. The third-order valence-electron chi connectivity index (χ3n) is 2.41. The summed E-state index contributed by atoms with van der Waals surface area (Å²) in [6, 6.07) is 4.64. The van der Waals surface area contributed by atoms with Crippen LogP contribution in [0.25, 0.3) is 0 Å². The number of hydrogen-bond donors (Lipinski definition) is 1. The van der Waals surface area contributed by atoms with Gasteiger partial charge in [0, 0.05) is 18.7 Å². The van der Waals surface area contributed by atoms with E-state index in [1.54, 1.807) is 11.1 Å². The SMILES string of the molecule is CC(=O)CN1NCc2cc([N+](=O)[O-])ccc21. The number of nitro benzene ring substituents is 1. The fourth-order valence-electron chi connectivity index (χ4n) is 1.72. The van der Waals surface area contributed by atoms with Crippen LogP contribution < -0.4 is 10.4 Å². The molecule has 0 aliphatic carbocycles. The van der Waals surface area contributed by atoms with Gasteiger partial charge in [0.25, 0.3) is 5.69 Å². The van der Waals surface area contributed by atoms with Crippen molar-refractivity contribution >= 4 is 17.2 Å². The van der Waals surface area contributed by atoms with Gasteiger partial charge in [-0.05, 0) is 18.6 Å². The van der Waals surface area contributed by atoms with Crippen molar-refractivity contribution in [2.45, 2.75) is 13.5 Å². The molecule has 6 nitrogen and oxygen atoms in total. The van der Waals surface area contributed by atoms with E-state index >= 15 is 0 Å². The van der Waals surface area contributed by atoms with Crippen LogP contribution in [-0.4, -0.2) is 17.3 Å². The Morgan fingerprint density at radius 3 is 3.00 bits per heavy atom. The molecule has 1 aliphatic rings. The smallest absolute Gasteiger partial charge is 0.269 e. The van der Waals surface area contributed by atoms with E-state index < -0.39 is 4.92 Å². The Balaban J connectivity index is 2.28. The summed E-state index contributed by atoms with van der Waals surface area (Å²) < 4.78 is 0. The minimum atomic E-state index is -0.423. The van der Waals surface area contributed by atoms with Gasteiger partial charge in [0.05, 0.1) is 17.2 Å². The first-order valence-corrected chi connectivity index (χ1v) is 4.86. The Morgan fingerprint density at radius 1 is 1.62 bits per heavy atom. The average Bonchev–Trinajstić information content (AvgIpc) is 2.60. The second kappa shape index (κ2) is 3.90. The lowest BCUT2D eigenvalue weighted by atomic mass is 10.1. The zero-order chi connectivity index (χ0) is 11.7. The first-order chi connectivity index (χ1) is 7.58. The fraction of sp³-hybridized carbons (Fsp3) is 0.300. The number of nitrogens with one attached hydrogen (secondary N) is 1. The highest BCUT2D eigenvalue weighted by molar-refractivity contribution is 5.81. The molecule has 2 rings (SSSR count). The predicted octanol–water partition coefficient (Wildman–Crippen LogP) is 1.01. The summed E-state index contributed by atoms with van der Waals surface area (Å²) in [5.74, 6) is 0.0405. The number of carbonyl (C=O) groups excluding carboxylic acids is 1. The monoisotopic (exact) mass is 221 g/mol. The summed E-state index contributed by atoms with van der Waals surface area (Å²) in [6.07, 6.45) is 0. The van der Waals surface area contributed by atoms with Gasteiger partial charge >= 0.3 is 0 Å². The molecule has 84 valence electrons. The van der Waals surface area contributed by atoms with Crippen LogP contribution in [0.1, 0.15) is 12.5 Å². The van der Waals surface area contributed by atoms with Crippen molar-refractivity contribution in [3.63, 3.8) is 0 Å². The maximum Gasteiger partial charge on any atom is 0.269 e. The van der Waals surface area contributed by atoms with E-state index in [4.69, 9.17) is 0 Å². The summed E-state index contributed by atoms with van der Waals surface area (Å²) in [5, 5.41) is 12.3. The van der Waals surface area contributed by atoms with E-state index in [-0.39, 0.29) is 18.0 Å². The molecule has 0 bridgehead atoms. The van der Waals surface area contributed by atoms with E-state index in [9.17, 15) is 14.9 Å². The molecule has 0 saturated heterocycles. The molecular formula is C10H11N3O3. The zero-order valence-electron chi connectivity index (χ0n) is 8.77. The van der Waals surface area contributed by atoms with E-state index in [1.807, 2.05) is 0 Å². The van der Waals surface area contributed by atoms with Gasteiger partial charge in [-0.2, -0.15) is 0 Å². The van der Waals surface area contributed by atoms with Crippen molar-refractivity contribution in [3.05, 3.63) is 33.9 Å². The first kappa shape index (κ1) is 10.6. The fourth-order valence-corrected chi connectivity index (χ4v) is 1.72. The molecule has 1 N–H and O–H groups in total. The lowest BCUT2D eigenvalue weighted by Gasteiger charge is -2.16. The van der Waals surface area contributed by atoms with Crippen molar-refractivity contribution in [1.29, 1.82) is 0 Å². The predicted molar refractivity (Wildman–Crippen MR) is 58.0 cm³/mol. The number of nitro groups is 1. The number of rotatable bonds is 3. The lowest BCUT2D eigenvalue weighted by Crippen LogP contribution is -2.35. The van der Waals surface area contributed by atoms with Crippen LogP contribution in [0.5, 0.6) is 0 Å². The number of benzene rings is 1. The summed E-state index contributed by atoms with van der Waals surface area (Å²) in [4.78, 5) is 21.1. The Labute approximate surface area is 92.0 Å². The maximum absolute atomic E-state index is 11.0. The Bertz CT molecular complexity index is 459. The molecule has 0 spiro atoms. The lowest BCUT2D eigenvalue weighted by molar-refractivity contribution is -0.384. The molecule has 1 aromatic carbocycles. The van der Waals surface area contributed by atoms with Gasteiger partial charge in [0.1, 0.15) is 0 Å². The van der Waals surface area contributed by atoms with Gasteiger partial charge in [-0.3, -0.25) is 14.9 Å². The van der Waals surface area contributed by atoms with E-state index in [2.05, 4.69) is 5.43 Å². The quantitative estimate of drug-likeness (QED) is 0.609. The molecule has 0 radical (unpaired) electrons. The van der Waals surface area contributed by atoms with Gasteiger partial charge in [0.15, 0.2) is 5.78 Å². The number of nitrogens with zero attached hydrogens (tertiary/aromatic N) is 2. The second-order valence-electron chi connectivity index (χ2n) is 3.69. The number of ketones is 1. The van der Waals surface area contributed by atoms with E-state index in [0.717, 1.165) is 11.3 Å². The molecule has 0 aromatic heterocycles. The molecule has 0 saturated carbocycles. The number of hydrazine groups is 1. The van der Waals surface area contributed by atoms with Crippen molar-refractivity contribution < 1.29 is 9.72 Å². The molecule has 1 aliphatic heterocycles. The van der Waals surface area contributed by atoms with Crippen molar-refractivity contribution in [1.82, 2.24) is 5.43 Å². The number of fused-ring (bicyclic) bond motifs is 1. The molecule has 0 unspecified atom stereocenters. The molecule has 0 fully saturated rings. The first-order valence-electron chi connectivity index (χ1n) is 4.86. The number of non-ortho nitro benzene ring substituents is 1. The highest BCUT2D eigenvalue weighted by Gasteiger charge is 2.21. The largest absolute Gasteiger partial charge is 0.300 e. The second-order valence-corrected chi connectivity index (χ2v) is 3.69. The minimum Gasteiger partial charge on any atom is -0.300 e. The third kappa shape index (κ3) is 1.87.